The van der Waals surface area contributed by atoms with Gasteiger partial charge in [-0.1, -0.05) is 237 Å². The highest BCUT2D eigenvalue weighted by Crippen LogP contribution is 2.23. The molecule has 1 aliphatic heterocycles. The highest BCUT2D eigenvalue weighted by atomic mass is 16.7. The van der Waals surface area contributed by atoms with Crippen LogP contribution in [-0.2, 0) is 14.3 Å². The lowest BCUT2D eigenvalue weighted by atomic mass is 9.98. The zero-order valence-corrected chi connectivity index (χ0v) is 46.4. The summed E-state index contributed by atoms with van der Waals surface area (Å²) in [6, 6.07) is -1.19. The molecule has 424 valence electrons. The van der Waals surface area contributed by atoms with E-state index in [0.717, 1.165) is 38.5 Å². The first-order chi connectivity index (χ1) is 35.2. The molecule has 0 aromatic rings. The van der Waals surface area contributed by atoms with E-state index in [1.807, 2.05) is 0 Å². The van der Waals surface area contributed by atoms with Gasteiger partial charge >= 0.3 is 0 Å². The van der Waals surface area contributed by atoms with Gasteiger partial charge in [-0.25, -0.2) is 0 Å². The standard InChI is InChI=1S/C61H115NO10/c1-3-5-7-9-11-13-15-17-19-20-21-22-23-24-25-26-27-28-29-30-31-32-33-34-35-37-39-41-43-45-47-49-54(65)60(70)62-52(51-71-61-59(69)58(68)57(67)55(50-63)72-61)56(66)53(64)48-46-44-42-40-38-36-18-16-14-12-10-8-6-4-2/h16,18,24-25,40,42,52-59,61,63-69H,3-15,17,19-23,26-39,41,43-51H2,1-2H3,(H,62,70)/b18-16+,25-24-,42-40+. The number of aliphatic hydroxyl groups excluding tert-OH is 7. The molecule has 1 fully saturated rings. The largest absolute Gasteiger partial charge is 0.394 e. The van der Waals surface area contributed by atoms with Gasteiger partial charge in [0.05, 0.1) is 25.4 Å². The molecule has 1 aliphatic rings. The van der Waals surface area contributed by atoms with Gasteiger partial charge in [-0.15, -0.1) is 0 Å². The Kier molecular flexibility index (Phi) is 47.6. The molecule has 0 saturated carbocycles. The fourth-order valence-corrected chi connectivity index (χ4v) is 9.69. The number of allylic oxidation sites excluding steroid dienone is 6. The van der Waals surface area contributed by atoms with Crippen LogP contribution in [0, 0.1) is 0 Å². The van der Waals surface area contributed by atoms with E-state index in [1.165, 1.54) is 193 Å². The minimum atomic E-state index is -1.67. The van der Waals surface area contributed by atoms with E-state index in [1.54, 1.807) is 0 Å². The summed E-state index contributed by atoms with van der Waals surface area (Å²) in [5.74, 6) is -0.708. The number of ether oxygens (including phenoxy) is 2. The van der Waals surface area contributed by atoms with Gasteiger partial charge in [0.25, 0.3) is 0 Å². The molecule has 0 aromatic carbocycles. The first-order valence-electron chi connectivity index (χ1n) is 30.4. The molecule has 0 aliphatic carbocycles. The Morgan fingerprint density at radius 2 is 0.833 bits per heavy atom. The molecule has 0 bridgehead atoms. The summed E-state index contributed by atoms with van der Waals surface area (Å²) in [6.45, 7) is 3.44. The third kappa shape index (κ3) is 38.0. The summed E-state index contributed by atoms with van der Waals surface area (Å²) in [6.07, 6.45) is 50.8. The molecule has 1 amide bonds. The van der Waals surface area contributed by atoms with Gasteiger partial charge in [0.2, 0.25) is 5.91 Å². The maximum atomic E-state index is 13.2. The first kappa shape index (κ1) is 68.3. The molecule has 1 rings (SSSR count). The second-order valence-corrected chi connectivity index (χ2v) is 21.4. The van der Waals surface area contributed by atoms with Crippen LogP contribution in [0.4, 0.5) is 0 Å². The summed E-state index contributed by atoms with van der Waals surface area (Å²) in [7, 11) is 0. The lowest BCUT2D eigenvalue weighted by molar-refractivity contribution is -0.303. The summed E-state index contributed by atoms with van der Waals surface area (Å²) >= 11 is 0. The van der Waals surface area contributed by atoms with E-state index in [2.05, 4.69) is 55.6 Å². The molecule has 1 heterocycles. The van der Waals surface area contributed by atoms with Gasteiger partial charge in [-0.2, -0.15) is 0 Å². The second-order valence-electron chi connectivity index (χ2n) is 21.4. The van der Waals surface area contributed by atoms with Crippen LogP contribution >= 0.6 is 0 Å². The van der Waals surface area contributed by atoms with E-state index in [-0.39, 0.29) is 12.8 Å². The summed E-state index contributed by atoms with van der Waals surface area (Å²) < 4.78 is 11.1. The Balaban J connectivity index is 2.22. The third-order valence-corrected chi connectivity index (χ3v) is 14.6. The van der Waals surface area contributed by atoms with Crippen LogP contribution in [0.2, 0.25) is 0 Å². The smallest absolute Gasteiger partial charge is 0.249 e. The van der Waals surface area contributed by atoms with Crippen molar-refractivity contribution in [1.82, 2.24) is 5.32 Å². The van der Waals surface area contributed by atoms with Crippen molar-refractivity contribution in [2.45, 2.75) is 332 Å². The fraction of sp³-hybridized carbons (Fsp3) is 0.885. The average molecular weight is 1020 g/mol. The monoisotopic (exact) mass is 1020 g/mol. The van der Waals surface area contributed by atoms with Crippen molar-refractivity contribution in [1.29, 1.82) is 0 Å². The van der Waals surface area contributed by atoms with Crippen molar-refractivity contribution in [3.63, 3.8) is 0 Å². The molecule has 11 heteroatoms. The van der Waals surface area contributed by atoms with E-state index in [4.69, 9.17) is 9.47 Å². The van der Waals surface area contributed by atoms with Crippen LogP contribution in [0.5, 0.6) is 0 Å². The Morgan fingerprint density at radius 3 is 1.24 bits per heavy atom. The summed E-state index contributed by atoms with van der Waals surface area (Å²) in [4.78, 5) is 13.2. The van der Waals surface area contributed by atoms with Gasteiger partial charge in [0.1, 0.15) is 36.6 Å². The van der Waals surface area contributed by atoms with Crippen molar-refractivity contribution in [2.75, 3.05) is 13.2 Å². The molecule has 8 N–H and O–H groups in total. The molecule has 9 atom stereocenters. The molecule has 0 spiro atoms. The lowest BCUT2D eigenvalue weighted by Gasteiger charge is -2.40. The maximum absolute atomic E-state index is 13.2. The van der Waals surface area contributed by atoms with E-state index < -0.39 is 74.2 Å². The van der Waals surface area contributed by atoms with Gasteiger partial charge in [0, 0.05) is 0 Å². The average Bonchev–Trinajstić information content (AvgIpc) is 3.38. The maximum Gasteiger partial charge on any atom is 0.249 e. The minimum absolute atomic E-state index is 0.247. The van der Waals surface area contributed by atoms with E-state index in [9.17, 15) is 40.5 Å². The highest BCUT2D eigenvalue weighted by molar-refractivity contribution is 5.80. The predicted molar refractivity (Wildman–Crippen MR) is 298 cm³/mol. The second kappa shape index (κ2) is 50.2. The number of amides is 1. The number of hydrogen-bond donors (Lipinski definition) is 8. The van der Waals surface area contributed by atoms with Crippen LogP contribution in [0.25, 0.3) is 0 Å². The first-order valence-corrected chi connectivity index (χ1v) is 30.4. The van der Waals surface area contributed by atoms with Gasteiger partial charge < -0.3 is 50.5 Å². The fourth-order valence-electron chi connectivity index (χ4n) is 9.69. The molecule has 9 unspecified atom stereocenters. The lowest BCUT2D eigenvalue weighted by Crippen LogP contribution is -2.60. The SMILES string of the molecule is CCCCCCC/C=C/CC/C=C/CCCC(O)C(O)C(COC1OC(CO)C(O)C(O)C1O)NC(=O)C(O)CCCCCCCCCCCCCCCCC/C=C\CCCCCCCCCCCCCC. The molecule has 72 heavy (non-hydrogen) atoms. The van der Waals surface area contributed by atoms with Gasteiger partial charge in [0.15, 0.2) is 6.29 Å². The predicted octanol–water partition coefficient (Wildman–Crippen LogP) is 13.1. The Morgan fingerprint density at radius 1 is 0.472 bits per heavy atom. The van der Waals surface area contributed by atoms with Gasteiger partial charge in [-0.05, 0) is 77.0 Å². The van der Waals surface area contributed by atoms with Crippen LogP contribution in [0.15, 0.2) is 36.5 Å². The molecule has 0 radical (unpaired) electrons. The van der Waals surface area contributed by atoms with Crippen molar-refractivity contribution >= 4 is 5.91 Å². The summed E-state index contributed by atoms with van der Waals surface area (Å²) in [5.41, 5.74) is 0. The molecule has 1 saturated heterocycles. The van der Waals surface area contributed by atoms with Crippen LogP contribution in [0.3, 0.4) is 0 Å². The van der Waals surface area contributed by atoms with Gasteiger partial charge in [-0.3, -0.25) is 4.79 Å². The Hall–Kier alpha value is -1.67. The Labute approximate surface area is 441 Å². The molecular formula is C61H115NO10. The van der Waals surface area contributed by atoms with Crippen molar-refractivity contribution in [3.05, 3.63) is 36.5 Å². The number of nitrogens with one attached hydrogen (secondary N) is 1. The minimum Gasteiger partial charge on any atom is -0.394 e. The van der Waals surface area contributed by atoms with E-state index in [0.29, 0.717) is 19.3 Å². The third-order valence-electron chi connectivity index (χ3n) is 14.6. The number of rotatable bonds is 52. The topological polar surface area (TPSA) is 189 Å². The van der Waals surface area contributed by atoms with Crippen LogP contribution < -0.4 is 5.32 Å². The molecule has 11 nitrogen and oxygen atoms in total. The van der Waals surface area contributed by atoms with Crippen molar-refractivity contribution < 1.29 is 50.0 Å². The highest BCUT2D eigenvalue weighted by Gasteiger charge is 2.44. The van der Waals surface area contributed by atoms with Crippen LogP contribution in [0.1, 0.15) is 277 Å². The zero-order valence-electron chi connectivity index (χ0n) is 46.4. The van der Waals surface area contributed by atoms with Crippen molar-refractivity contribution in [3.8, 4) is 0 Å². The zero-order chi connectivity index (χ0) is 52.5. The van der Waals surface area contributed by atoms with Crippen molar-refractivity contribution in [2.24, 2.45) is 0 Å². The Bertz CT molecular complexity index is 1260. The van der Waals surface area contributed by atoms with Crippen LogP contribution in [-0.4, -0.2) is 110 Å². The number of carbonyl (C=O) groups is 1. The number of unbranched alkanes of at least 4 members (excludes halogenated alkanes) is 34. The number of aliphatic hydroxyl groups is 7. The normalized spacial score (nSPS) is 20.3. The molecule has 0 aromatic heterocycles. The number of carbonyl (C=O) groups excluding carboxylic acids is 1. The molecular weight excluding hydrogens is 907 g/mol. The number of hydrogen-bond acceptors (Lipinski definition) is 10. The summed E-state index contributed by atoms with van der Waals surface area (Å²) in [5, 5.41) is 76.0. The quantitative estimate of drug-likeness (QED) is 0.0215. The van der Waals surface area contributed by atoms with E-state index >= 15 is 0 Å².